The van der Waals surface area contributed by atoms with Gasteiger partial charge in [-0.1, -0.05) is 26.8 Å². The molecule has 0 amide bonds. The molecule has 94 valence electrons. The van der Waals surface area contributed by atoms with Gasteiger partial charge >= 0.3 is 0 Å². The molecule has 1 N–H and O–H groups in total. The highest BCUT2D eigenvalue weighted by Gasteiger charge is 2.19. The highest BCUT2D eigenvalue weighted by atomic mass is 16.5. The molecular formula is C14H20O3. The number of benzene rings is 1. The maximum atomic E-state index is 11.2. The van der Waals surface area contributed by atoms with Crippen LogP contribution in [0.25, 0.3) is 0 Å². The van der Waals surface area contributed by atoms with E-state index in [0.717, 1.165) is 11.1 Å². The molecule has 1 rings (SSSR count). The Balaban J connectivity index is 3.33. The van der Waals surface area contributed by atoms with Crippen LogP contribution in [0.1, 0.15) is 38.8 Å². The predicted molar refractivity (Wildman–Crippen MR) is 67.7 cm³/mol. The van der Waals surface area contributed by atoms with E-state index in [2.05, 4.69) is 20.8 Å². The topological polar surface area (TPSA) is 46.5 Å². The Bertz CT molecular complexity index is 428. The van der Waals surface area contributed by atoms with Crippen molar-refractivity contribution in [1.29, 1.82) is 0 Å². The molecular weight excluding hydrogens is 216 g/mol. The lowest BCUT2D eigenvalue weighted by atomic mass is 9.85. The highest BCUT2D eigenvalue weighted by molar-refractivity contribution is 5.79. The molecule has 0 aliphatic heterocycles. The average molecular weight is 236 g/mol. The minimum atomic E-state index is -0.0741. The number of ether oxygens (including phenoxy) is 1. The summed E-state index contributed by atoms with van der Waals surface area (Å²) in [4.78, 5) is 11.2. The van der Waals surface area contributed by atoms with Crippen LogP contribution in [0.3, 0.4) is 0 Å². The Labute approximate surface area is 102 Å². The lowest BCUT2D eigenvalue weighted by Crippen LogP contribution is -2.12. The maximum Gasteiger partial charge on any atom is 0.164 e. The quantitative estimate of drug-likeness (QED) is 0.877. The van der Waals surface area contributed by atoms with E-state index >= 15 is 0 Å². The Morgan fingerprint density at radius 1 is 1.35 bits per heavy atom. The third kappa shape index (κ3) is 3.22. The van der Waals surface area contributed by atoms with Gasteiger partial charge in [-0.2, -0.15) is 0 Å². The summed E-state index contributed by atoms with van der Waals surface area (Å²) in [5.74, 6) is 0.540. The lowest BCUT2D eigenvalue weighted by molar-refractivity contribution is -0.116. The second-order valence-corrected chi connectivity index (χ2v) is 5.32. The molecule has 1 aromatic rings. The van der Waals surface area contributed by atoms with Crippen molar-refractivity contribution in [3.63, 3.8) is 0 Å². The summed E-state index contributed by atoms with van der Waals surface area (Å²) in [5.41, 5.74) is 1.66. The minimum Gasteiger partial charge on any atom is -0.504 e. The standard InChI is InChI=1S/C14H20O3/c1-9(15)6-10-7-11(14(2,3)4)8-12(16)13(10)17-5/h7-8,16H,6H2,1-5H3. The Morgan fingerprint density at radius 3 is 2.35 bits per heavy atom. The third-order valence-corrected chi connectivity index (χ3v) is 2.66. The first-order chi connectivity index (χ1) is 7.75. The van der Waals surface area contributed by atoms with Crippen molar-refractivity contribution in [2.75, 3.05) is 7.11 Å². The van der Waals surface area contributed by atoms with Crippen LogP contribution in [0.2, 0.25) is 0 Å². The van der Waals surface area contributed by atoms with Crippen LogP contribution in [0.5, 0.6) is 11.5 Å². The van der Waals surface area contributed by atoms with Crippen LogP contribution in [0.4, 0.5) is 0 Å². The summed E-state index contributed by atoms with van der Waals surface area (Å²) in [7, 11) is 1.50. The number of hydrogen-bond donors (Lipinski definition) is 1. The minimum absolute atomic E-state index is 0.0498. The Hall–Kier alpha value is -1.51. The van der Waals surface area contributed by atoms with E-state index in [-0.39, 0.29) is 23.4 Å². The summed E-state index contributed by atoms with van der Waals surface area (Å²) >= 11 is 0. The highest BCUT2D eigenvalue weighted by Crippen LogP contribution is 2.36. The molecule has 0 bridgehead atoms. The summed E-state index contributed by atoms with van der Waals surface area (Å²) in [5, 5.41) is 9.91. The molecule has 17 heavy (non-hydrogen) atoms. The largest absolute Gasteiger partial charge is 0.504 e. The second kappa shape index (κ2) is 4.78. The van der Waals surface area contributed by atoms with E-state index in [9.17, 15) is 9.90 Å². The number of phenols is 1. The first-order valence-electron chi connectivity index (χ1n) is 5.65. The van der Waals surface area contributed by atoms with Crippen molar-refractivity contribution in [2.45, 2.75) is 39.5 Å². The van der Waals surface area contributed by atoms with Crippen LogP contribution >= 0.6 is 0 Å². The molecule has 3 nitrogen and oxygen atoms in total. The van der Waals surface area contributed by atoms with Gasteiger partial charge in [0.1, 0.15) is 5.78 Å². The number of ketones is 1. The van der Waals surface area contributed by atoms with Crippen molar-refractivity contribution in [2.24, 2.45) is 0 Å². The average Bonchev–Trinajstić information content (AvgIpc) is 2.14. The Morgan fingerprint density at radius 2 is 1.94 bits per heavy atom. The van der Waals surface area contributed by atoms with Gasteiger partial charge in [-0.05, 0) is 24.0 Å². The molecule has 0 atom stereocenters. The molecule has 1 aromatic carbocycles. The summed E-state index contributed by atoms with van der Waals surface area (Å²) in [6.45, 7) is 7.71. The van der Waals surface area contributed by atoms with Crippen molar-refractivity contribution < 1.29 is 14.6 Å². The van der Waals surface area contributed by atoms with Crippen molar-refractivity contribution in [1.82, 2.24) is 0 Å². The smallest absolute Gasteiger partial charge is 0.164 e. The van der Waals surface area contributed by atoms with Gasteiger partial charge in [-0.3, -0.25) is 4.79 Å². The molecule has 0 saturated carbocycles. The molecule has 0 aromatic heterocycles. The van der Waals surface area contributed by atoms with E-state index in [0.29, 0.717) is 5.75 Å². The van der Waals surface area contributed by atoms with Crippen LogP contribution < -0.4 is 4.74 Å². The number of carbonyl (C=O) groups excluding carboxylic acids is 1. The van der Waals surface area contributed by atoms with Crippen LogP contribution in [0, 0.1) is 0 Å². The first kappa shape index (κ1) is 13.6. The number of aromatic hydroxyl groups is 1. The predicted octanol–water partition coefficient (Wildman–Crippen LogP) is 2.83. The molecule has 0 heterocycles. The van der Waals surface area contributed by atoms with Crippen molar-refractivity contribution in [3.05, 3.63) is 23.3 Å². The molecule has 0 spiro atoms. The number of carbonyl (C=O) groups is 1. The van der Waals surface area contributed by atoms with Gasteiger partial charge < -0.3 is 9.84 Å². The zero-order valence-corrected chi connectivity index (χ0v) is 11.1. The molecule has 3 heteroatoms. The van der Waals surface area contributed by atoms with Gasteiger partial charge in [0, 0.05) is 12.0 Å². The van der Waals surface area contributed by atoms with Gasteiger partial charge in [0.2, 0.25) is 0 Å². The first-order valence-corrected chi connectivity index (χ1v) is 5.65. The van der Waals surface area contributed by atoms with Gasteiger partial charge in [-0.25, -0.2) is 0 Å². The normalized spacial score (nSPS) is 11.4. The van der Waals surface area contributed by atoms with Gasteiger partial charge in [0.05, 0.1) is 7.11 Å². The van der Waals surface area contributed by atoms with Crippen molar-refractivity contribution in [3.8, 4) is 11.5 Å². The number of methoxy groups -OCH3 is 1. The Kier molecular flexibility index (Phi) is 3.81. The van der Waals surface area contributed by atoms with Gasteiger partial charge in [-0.15, -0.1) is 0 Å². The van der Waals surface area contributed by atoms with E-state index in [1.165, 1.54) is 14.0 Å². The monoisotopic (exact) mass is 236 g/mol. The van der Waals surface area contributed by atoms with Crippen LogP contribution in [-0.4, -0.2) is 18.0 Å². The fourth-order valence-corrected chi connectivity index (χ4v) is 1.74. The van der Waals surface area contributed by atoms with Gasteiger partial charge in [0.25, 0.3) is 0 Å². The van der Waals surface area contributed by atoms with E-state index in [1.54, 1.807) is 6.07 Å². The summed E-state index contributed by atoms with van der Waals surface area (Å²) in [6, 6.07) is 3.63. The molecule has 0 fully saturated rings. The summed E-state index contributed by atoms with van der Waals surface area (Å²) < 4.78 is 5.14. The number of rotatable bonds is 3. The van der Waals surface area contributed by atoms with E-state index in [4.69, 9.17) is 4.74 Å². The fourth-order valence-electron chi connectivity index (χ4n) is 1.74. The SMILES string of the molecule is COc1c(O)cc(C(C)(C)C)cc1CC(C)=O. The zero-order valence-electron chi connectivity index (χ0n) is 11.1. The zero-order chi connectivity index (χ0) is 13.2. The summed E-state index contributed by atoms with van der Waals surface area (Å²) in [6.07, 6.45) is 0.278. The van der Waals surface area contributed by atoms with Crippen LogP contribution in [-0.2, 0) is 16.6 Å². The lowest BCUT2D eigenvalue weighted by Gasteiger charge is -2.21. The third-order valence-electron chi connectivity index (χ3n) is 2.66. The molecule has 0 saturated heterocycles. The number of Topliss-reactive ketones (excluding diaryl/α,β-unsaturated/α-hetero) is 1. The number of hydrogen-bond acceptors (Lipinski definition) is 3. The number of phenolic OH excluding ortho intramolecular Hbond substituents is 1. The van der Waals surface area contributed by atoms with E-state index < -0.39 is 0 Å². The molecule has 0 aliphatic rings. The van der Waals surface area contributed by atoms with Crippen LogP contribution in [0.15, 0.2) is 12.1 Å². The molecule has 0 radical (unpaired) electrons. The van der Waals surface area contributed by atoms with E-state index in [1.807, 2.05) is 6.07 Å². The second-order valence-electron chi connectivity index (χ2n) is 5.32. The van der Waals surface area contributed by atoms with Gasteiger partial charge in [0.15, 0.2) is 11.5 Å². The molecule has 0 aliphatic carbocycles. The molecule has 0 unspecified atom stereocenters. The van der Waals surface area contributed by atoms with Crippen molar-refractivity contribution >= 4 is 5.78 Å². The maximum absolute atomic E-state index is 11.2. The fraction of sp³-hybridized carbons (Fsp3) is 0.500.